The molecule has 28 heavy (non-hydrogen) atoms. The lowest BCUT2D eigenvalue weighted by Crippen LogP contribution is -2.49. The Hall–Kier alpha value is -0.0800. The van der Waals surface area contributed by atoms with Crippen LogP contribution in [0.2, 0.25) is 0 Å². The van der Waals surface area contributed by atoms with Crippen molar-refractivity contribution in [2.24, 2.45) is 22.2 Å². The quantitative estimate of drug-likeness (QED) is 0.335. The lowest BCUT2D eigenvalue weighted by atomic mass is 9.48. The van der Waals surface area contributed by atoms with Crippen LogP contribution in [0.3, 0.4) is 0 Å². The third kappa shape index (κ3) is 8.74. The van der Waals surface area contributed by atoms with E-state index >= 15 is 0 Å². The molecule has 0 rings (SSSR count). The Morgan fingerprint density at radius 2 is 1.00 bits per heavy atom. The zero-order valence-electron chi connectivity index (χ0n) is 22.0. The molecule has 0 saturated carbocycles. The SMILES string of the molecule is CC(C)C(C)(CCCNC(C)(C)C)C(C)(C)C(C)(C)CCCCNC(C)(C)C. The fourth-order valence-electron chi connectivity index (χ4n) is 4.48. The summed E-state index contributed by atoms with van der Waals surface area (Å²) < 4.78 is 0. The minimum absolute atomic E-state index is 0.212. The van der Waals surface area contributed by atoms with Crippen molar-refractivity contribution in [1.29, 1.82) is 0 Å². The number of hydrogen-bond donors (Lipinski definition) is 2. The molecule has 1 atom stereocenters. The molecule has 1 unspecified atom stereocenters. The average molecular weight is 397 g/mol. The number of rotatable bonds is 12. The van der Waals surface area contributed by atoms with Crippen LogP contribution in [0.15, 0.2) is 0 Å². The molecular weight excluding hydrogens is 340 g/mol. The Bertz CT molecular complexity index is 434. The maximum absolute atomic E-state index is 3.68. The summed E-state index contributed by atoms with van der Waals surface area (Å²) >= 11 is 0. The Labute approximate surface area is 179 Å². The summed E-state index contributed by atoms with van der Waals surface area (Å²) in [5.74, 6) is 0.680. The molecule has 2 N–H and O–H groups in total. The van der Waals surface area contributed by atoms with Gasteiger partial charge in [-0.3, -0.25) is 0 Å². The highest BCUT2D eigenvalue weighted by Crippen LogP contribution is 2.58. The predicted molar refractivity (Wildman–Crippen MR) is 129 cm³/mol. The van der Waals surface area contributed by atoms with Crippen LogP contribution in [0.25, 0.3) is 0 Å². The lowest BCUT2D eigenvalue weighted by molar-refractivity contribution is -0.0733. The van der Waals surface area contributed by atoms with Gasteiger partial charge in [0, 0.05) is 11.1 Å². The van der Waals surface area contributed by atoms with Crippen LogP contribution in [0.1, 0.15) is 122 Å². The van der Waals surface area contributed by atoms with Crippen LogP contribution in [0, 0.1) is 22.2 Å². The van der Waals surface area contributed by atoms with Gasteiger partial charge in [0.25, 0.3) is 0 Å². The maximum atomic E-state index is 3.68. The summed E-state index contributed by atoms with van der Waals surface area (Å²) in [7, 11) is 0. The van der Waals surface area contributed by atoms with Crippen LogP contribution < -0.4 is 10.6 Å². The highest BCUT2D eigenvalue weighted by atomic mass is 14.9. The number of nitrogens with one attached hydrogen (secondary N) is 2. The predicted octanol–water partition coefficient (Wildman–Crippen LogP) is 7.43. The van der Waals surface area contributed by atoms with Crippen molar-refractivity contribution in [3.05, 3.63) is 0 Å². The van der Waals surface area contributed by atoms with E-state index in [-0.39, 0.29) is 16.5 Å². The van der Waals surface area contributed by atoms with Gasteiger partial charge in [-0.05, 0) is 102 Å². The van der Waals surface area contributed by atoms with Crippen molar-refractivity contribution < 1.29 is 0 Å². The van der Waals surface area contributed by atoms with E-state index in [0.29, 0.717) is 16.7 Å². The molecule has 0 aliphatic carbocycles. The normalized spacial score (nSPS) is 16.5. The molecule has 0 saturated heterocycles. The molecule has 0 aromatic rings. The van der Waals surface area contributed by atoms with Gasteiger partial charge >= 0.3 is 0 Å². The molecule has 0 radical (unpaired) electrons. The zero-order valence-corrected chi connectivity index (χ0v) is 22.0. The molecule has 0 bridgehead atoms. The molecule has 0 aliphatic rings. The van der Waals surface area contributed by atoms with Crippen LogP contribution in [0.5, 0.6) is 0 Å². The first-order valence-electron chi connectivity index (χ1n) is 11.9. The van der Waals surface area contributed by atoms with Gasteiger partial charge < -0.3 is 10.6 Å². The van der Waals surface area contributed by atoms with Gasteiger partial charge in [0.1, 0.15) is 0 Å². The van der Waals surface area contributed by atoms with Crippen molar-refractivity contribution in [2.75, 3.05) is 13.1 Å². The van der Waals surface area contributed by atoms with Crippen molar-refractivity contribution in [3.8, 4) is 0 Å². The zero-order chi connectivity index (χ0) is 22.4. The Kier molecular flexibility index (Phi) is 10.3. The highest BCUT2D eigenvalue weighted by Gasteiger charge is 2.50. The summed E-state index contributed by atoms with van der Waals surface area (Å²) in [5, 5.41) is 7.31. The van der Waals surface area contributed by atoms with Crippen molar-refractivity contribution in [2.45, 2.75) is 133 Å². The van der Waals surface area contributed by atoms with E-state index in [1.807, 2.05) is 0 Å². The first-order valence-corrected chi connectivity index (χ1v) is 11.9. The van der Waals surface area contributed by atoms with Crippen LogP contribution in [0.4, 0.5) is 0 Å². The van der Waals surface area contributed by atoms with Crippen LogP contribution >= 0.6 is 0 Å². The third-order valence-corrected chi connectivity index (χ3v) is 7.81. The molecule has 2 nitrogen and oxygen atoms in total. The van der Waals surface area contributed by atoms with Crippen molar-refractivity contribution >= 4 is 0 Å². The minimum atomic E-state index is 0.212. The first-order chi connectivity index (χ1) is 12.4. The summed E-state index contributed by atoms with van der Waals surface area (Å²) in [5.41, 5.74) is 1.38. The van der Waals surface area contributed by atoms with Gasteiger partial charge in [-0.25, -0.2) is 0 Å². The van der Waals surface area contributed by atoms with Gasteiger partial charge in [-0.1, -0.05) is 54.9 Å². The fourth-order valence-corrected chi connectivity index (χ4v) is 4.48. The Balaban J connectivity index is 4.95. The summed E-state index contributed by atoms with van der Waals surface area (Å²) in [6.07, 6.45) is 6.41. The summed E-state index contributed by atoms with van der Waals surface area (Å²) in [6.45, 7) is 33.3. The van der Waals surface area contributed by atoms with Crippen molar-refractivity contribution in [1.82, 2.24) is 10.6 Å². The van der Waals surface area contributed by atoms with E-state index in [0.717, 1.165) is 13.1 Å². The fraction of sp³-hybridized carbons (Fsp3) is 1.00. The van der Waals surface area contributed by atoms with E-state index < -0.39 is 0 Å². The molecule has 0 aromatic heterocycles. The van der Waals surface area contributed by atoms with E-state index in [2.05, 4.69) is 101 Å². The molecule has 0 amide bonds. The topological polar surface area (TPSA) is 24.1 Å². The van der Waals surface area contributed by atoms with E-state index in [1.54, 1.807) is 0 Å². The minimum Gasteiger partial charge on any atom is -0.312 e. The van der Waals surface area contributed by atoms with Crippen molar-refractivity contribution in [3.63, 3.8) is 0 Å². The Morgan fingerprint density at radius 3 is 1.39 bits per heavy atom. The standard InChI is InChI=1S/C26H56N2/c1-21(2)26(13,18-16-20-28-23(6,7)8)25(11,12)24(9,10)17-14-15-19-27-22(3,4)5/h21,27-28H,14-20H2,1-13H3. The largest absolute Gasteiger partial charge is 0.312 e. The van der Waals surface area contributed by atoms with Crippen LogP contribution in [-0.4, -0.2) is 24.2 Å². The van der Waals surface area contributed by atoms with Gasteiger partial charge in [0.05, 0.1) is 0 Å². The van der Waals surface area contributed by atoms with Gasteiger partial charge in [-0.15, -0.1) is 0 Å². The molecule has 0 spiro atoms. The molecule has 0 aromatic carbocycles. The smallest absolute Gasteiger partial charge is 0.00965 e. The summed E-state index contributed by atoms with van der Waals surface area (Å²) in [4.78, 5) is 0. The number of hydrogen-bond acceptors (Lipinski definition) is 2. The lowest BCUT2D eigenvalue weighted by Gasteiger charge is -2.56. The second kappa shape index (κ2) is 10.3. The highest BCUT2D eigenvalue weighted by molar-refractivity contribution is 5.00. The van der Waals surface area contributed by atoms with Gasteiger partial charge in [0.15, 0.2) is 0 Å². The third-order valence-electron chi connectivity index (χ3n) is 7.81. The molecule has 0 fully saturated rings. The second-order valence-electron chi connectivity index (χ2n) is 13.0. The van der Waals surface area contributed by atoms with Gasteiger partial charge in [0.2, 0.25) is 0 Å². The van der Waals surface area contributed by atoms with E-state index in [9.17, 15) is 0 Å². The molecule has 0 aliphatic heterocycles. The maximum Gasteiger partial charge on any atom is 0.00965 e. The van der Waals surface area contributed by atoms with E-state index in [4.69, 9.17) is 0 Å². The van der Waals surface area contributed by atoms with E-state index in [1.165, 1.54) is 32.1 Å². The molecule has 0 heterocycles. The van der Waals surface area contributed by atoms with Crippen LogP contribution in [-0.2, 0) is 0 Å². The average Bonchev–Trinajstić information content (AvgIpc) is 2.48. The second-order valence-corrected chi connectivity index (χ2v) is 13.0. The first kappa shape index (κ1) is 27.9. The molecular formula is C26H56N2. The molecule has 2 heteroatoms. The monoisotopic (exact) mass is 396 g/mol. The molecule has 170 valence electrons. The Morgan fingerprint density at radius 1 is 0.571 bits per heavy atom. The van der Waals surface area contributed by atoms with Gasteiger partial charge in [-0.2, -0.15) is 0 Å². The number of unbranched alkanes of at least 4 members (excludes halogenated alkanes) is 1. The summed E-state index contributed by atoms with van der Waals surface area (Å²) in [6, 6.07) is 0.